The molecule has 4 N–H and O–H groups in total. The molecule has 22 heavy (non-hydrogen) atoms. The highest BCUT2D eigenvalue weighted by atomic mass is 15.4. The summed E-state index contributed by atoms with van der Waals surface area (Å²) >= 11 is 0. The highest BCUT2D eigenvalue weighted by Crippen LogP contribution is 2.37. The van der Waals surface area contributed by atoms with Crippen LogP contribution in [0.1, 0.15) is 89.9 Å². The van der Waals surface area contributed by atoms with Crippen molar-refractivity contribution in [1.29, 1.82) is 0 Å². The van der Waals surface area contributed by atoms with Gasteiger partial charge in [-0.2, -0.15) is 0 Å². The zero-order valence-electron chi connectivity index (χ0n) is 14.2. The Bertz CT molecular complexity index is 361. The topological polar surface area (TPSA) is 50.1 Å². The van der Waals surface area contributed by atoms with Gasteiger partial charge in [0.15, 0.2) is 0 Å². The molecule has 2 aliphatic carbocycles. The third-order valence-electron chi connectivity index (χ3n) is 6.17. The summed E-state index contributed by atoms with van der Waals surface area (Å²) < 4.78 is 0. The molecule has 0 amide bonds. The van der Waals surface area contributed by atoms with Crippen LogP contribution in [0.3, 0.4) is 0 Å². The molecule has 0 bridgehead atoms. The van der Waals surface area contributed by atoms with Crippen molar-refractivity contribution in [3.63, 3.8) is 0 Å². The zero-order chi connectivity index (χ0) is 15.2. The van der Waals surface area contributed by atoms with Gasteiger partial charge in [-0.05, 0) is 43.1 Å². The van der Waals surface area contributed by atoms with E-state index in [0.29, 0.717) is 6.04 Å². The van der Waals surface area contributed by atoms with Crippen molar-refractivity contribution < 1.29 is 0 Å². The van der Waals surface area contributed by atoms with Crippen LogP contribution in [0.5, 0.6) is 0 Å². The molecule has 0 aromatic heterocycles. The van der Waals surface area contributed by atoms with Crippen LogP contribution in [0.4, 0.5) is 0 Å². The molecule has 3 rings (SSSR count). The molecule has 3 nitrogen and oxygen atoms in total. The molecule has 3 aliphatic rings. The molecule has 1 heterocycles. The molecule has 0 aromatic rings. The summed E-state index contributed by atoms with van der Waals surface area (Å²) in [5.74, 6) is 2.46. The quantitative estimate of drug-likeness (QED) is 0.710. The Hall–Kier alpha value is -0.700. The maximum absolute atomic E-state index is 6.37. The maximum atomic E-state index is 6.37. The van der Waals surface area contributed by atoms with Gasteiger partial charge >= 0.3 is 0 Å². The summed E-state index contributed by atoms with van der Waals surface area (Å²) in [5, 5.41) is 0. The van der Waals surface area contributed by atoms with Gasteiger partial charge in [0.05, 0.1) is 6.04 Å². The minimum Gasteiger partial charge on any atom is -0.384 e. The van der Waals surface area contributed by atoms with Crippen LogP contribution in [0, 0.1) is 11.8 Å². The fourth-order valence-electron chi connectivity index (χ4n) is 4.91. The number of hydrogen-bond acceptors (Lipinski definition) is 3. The van der Waals surface area contributed by atoms with E-state index < -0.39 is 0 Å². The Kier molecular flexibility index (Phi) is 6.05. The van der Waals surface area contributed by atoms with E-state index in [9.17, 15) is 0 Å². The van der Waals surface area contributed by atoms with Crippen molar-refractivity contribution in [2.75, 3.05) is 0 Å². The van der Waals surface area contributed by atoms with Crippen LogP contribution in [-0.4, -0.2) is 6.04 Å². The average Bonchev–Trinajstić information content (AvgIpc) is 2.80. The molecule has 1 atom stereocenters. The van der Waals surface area contributed by atoms with Crippen molar-refractivity contribution in [1.82, 2.24) is 10.9 Å². The van der Waals surface area contributed by atoms with Crippen molar-refractivity contribution in [2.24, 2.45) is 17.6 Å². The Balaban J connectivity index is 1.69. The minimum atomic E-state index is 0.502. The lowest BCUT2D eigenvalue weighted by atomic mass is 9.76. The van der Waals surface area contributed by atoms with Crippen LogP contribution in [-0.2, 0) is 0 Å². The standard InChI is InChI=1S/C19H35N3/c20-19-17(15-11-7-3-1-4-8-12-15)18(21-22-19)16-13-9-5-2-6-10-14-16/h15-16,18,21-22H,1-14,20H2. The van der Waals surface area contributed by atoms with Crippen molar-refractivity contribution >= 4 is 0 Å². The lowest BCUT2D eigenvalue weighted by Crippen LogP contribution is -2.40. The molecule has 1 aliphatic heterocycles. The molecule has 0 radical (unpaired) electrons. The first-order valence-corrected chi connectivity index (χ1v) is 9.87. The van der Waals surface area contributed by atoms with E-state index in [4.69, 9.17) is 5.73 Å². The van der Waals surface area contributed by atoms with E-state index in [1.807, 2.05) is 0 Å². The first kappa shape index (κ1) is 16.2. The third kappa shape index (κ3) is 3.98. The van der Waals surface area contributed by atoms with E-state index in [1.54, 1.807) is 5.57 Å². The lowest BCUT2D eigenvalue weighted by molar-refractivity contribution is 0.291. The highest BCUT2D eigenvalue weighted by molar-refractivity contribution is 5.25. The molecule has 0 saturated heterocycles. The minimum absolute atomic E-state index is 0.502. The molecule has 2 fully saturated rings. The third-order valence-corrected chi connectivity index (χ3v) is 6.17. The second-order valence-electron chi connectivity index (χ2n) is 7.76. The fourth-order valence-corrected chi connectivity index (χ4v) is 4.91. The van der Waals surface area contributed by atoms with E-state index in [0.717, 1.165) is 17.7 Å². The van der Waals surface area contributed by atoms with Crippen LogP contribution in [0.2, 0.25) is 0 Å². The summed E-state index contributed by atoms with van der Waals surface area (Å²) in [6.07, 6.45) is 19.6. The SMILES string of the molecule is NC1=C(C2CCCCCCC2)C(C2CCCCCCC2)NN1. The number of hydrogen-bond donors (Lipinski definition) is 3. The fraction of sp³-hybridized carbons (Fsp3) is 0.895. The van der Waals surface area contributed by atoms with Gasteiger partial charge in [0.25, 0.3) is 0 Å². The van der Waals surface area contributed by atoms with Gasteiger partial charge in [-0.3, -0.25) is 0 Å². The molecular formula is C19H35N3. The van der Waals surface area contributed by atoms with Gasteiger partial charge in [-0.25, -0.2) is 5.43 Å². The van der Waals surface area contributed by atoms with Crippen molar-refractivity contribution in [3.8, 4) is 0 Å². The van der Waals surface area contributed by atoms with Gasteiger partial charge in [-0.15, -0.1) is 0 Å². The molecule has 3 heteroatoms. The monoisotopic (exact) mass is 305 g/mol. The van der Waals surface area contributed by atoms with Crippen LogP contribution in [0.25, 0.3) is 0 Å². The first-order valence-electron chi connectivity index (χ1n) is 9.87. The summed E-state index contributed by atoms with van der Waals surface area (Å²) in [5.41, 5.74) is 14.8. The number of nitrogens with one attached hydrogen (secondary N) is 2. The Morgan fingerprint density at radius 1 is 0.682 bits per heavy atom. The largest absolute Gasteiger partial charge is 0.384 e. The van der Waals surface area contributed by atoms with Crippen LogP contribution in [0.15, 0.2) is 11.4 Å². The molecule has 1 unspecified atom stereocenters. The predicted molar refractivity (Wildman–Crippen MR) is 92.9 cm³/mol. The van der Waals surface area contributed by atoms with Gasteiger partial charge in [0, 0.05) is 0 Å². The van der Waals surface area contributed by atoms with E-state index in [1.165, 1.54) is 89.9 Å². The van der Waals surface area contributed by atoms with Crippen molar-refractivity contribution in [2.45, 2.75) is 95.9 Å². The summed E-state index contributed by atoms with van der Waals surface area (Å²) in [6.45, 7) is 0. The van der Waals surface area contributed by atoms with E-state index >= 15 is 0 Å². The van der Waals surface area contributed by atoms with Gasteiger partial charge in [0.1, 0.15) is 5.82 Å². The first-order chi connectivity index (χ1) is 10.9. The Morgan fingerprint density at radius 2 is 1.18 bits per heavy atom. The summed E-state index contributed by atoms with van der Waals surface area (Å²) in [6, 6.07) is 0.502. The van der Waals surface area contributed by atoms with Gasteiger partial charge in [-0.1, -0.05) is 64.2 Å². The average molecular weight is 306 g/mol. The highest BCUT2D eigenvalue weighted by Gasteiger charge is 2.35. The molecule has 2 saturated carbocycles. The zero-order valence-corrected chi connectivity index (χ0v) is 14.2. The second kappa shape index (κ2) is 8.24. The molecule has 0 spiro atoms. The molecule has 0 aromatic carbocycles. The van der Waals surface area contributed by atoms with Crippen LogP contribution >= 0.6 is 0 Å². The van der Waals surface area contributed by atoms with E-state index in [-0.39, 0.29) is 0 Å². The number of rotatable bonds is 2. The Morgan fingerprint density at radius 3 is 1.77 bits per heavy atom. The van der Waals surface area contributed by atoms with Gasteiger partial charge in [0.2, 0.25) is 0 Å². The molecule has 126 valence electrons. The number of nitrogens with two attached hydrogens (primary N) is 1. The normalized spacial score (nSPS) is 30.3. The maximum Gasteiger partial charge on any atom is 0.112 e. The van der Waals surface area contributed by atoms with Gasteiger partial charge < -0.3 is 11.2 Å². The second-order valence-corrected chi connectivity index (χ2v) is 7.76. The smallest absolute Gasteiger partial charge is 0.112 e. The summed E-state index contributed by atoms with van der Waals surface area (Å²) in [7, 11) is 0. The molecular weight excluding hydrogens is 270 g/mol. The van der Waals surface area contributed by atoms with Crippen LogP contribution < -0.4 is 16.6 Å². The lowest BCUT2D eigenvalue weighted by Gasteiger charge is -2.31. The Labute approximate surface area is 136 Å². The number of hydrazine groups is 1. The summed E-state index contributed by atoms with van der Waals surface area (Å²) in [4.78, 5) is 0. The van der Waals surface area contributed by atoms with Crippen molar-refractivity contribution in [3.05, 3.63) is 11.4 Å². The van der Waals surface area contributed by atoms with E-state index in [2.05, 4.69) is 10.9 Å². The predicted octanol–water partition coefficient (Wildman–Crippen LogP) is 4.35.